The van der Waals surface area contributed by atoms with Crippen molar-refractivity contribution < 1.29 is 32.9 Å². The van der Waals surface area contributed by atoms with Crippen molar-refractivity contribution in [3.8, 4) is 0 Å². The minimum Gasteiger partial charge on any atom is -0.387 e. The summed E-state index contributed by atoms with van der Waals surface area (Å²) < 4.78 is 23.6. The predicted molar refractivity (Wildman–Crippen MR) is 240 cm³/mol. The standard InChI is InChI=1S/C47H91N2O6P/c1-6-8-10-12-14-16-18-20-22-24-25-26-28-30-32-34-36-38-40-46(50)45(44-55-56(52,53)54-43-42-49(3,4)5)48-47(51)41-39-37-35-33-31-29-27-23-21-19-17-15-13-11-9-7-2/h24-25,30,32,38,40,45-46,50H,6-23,26-29,31,33-37,39,41-44H2,1-5H3,(H-,48,51,52,53)/p+1/b25-24+,32-30+,40-38+. The summed E-state index contributed by atoms with van der Waals surface area (Å²) in [6.07, 6.45) is 47.9. The van der Waals surface area contributed by atoms with E-state index in [1.54, 1.807) is 6.08 Å². The molecule has 0 radical (unpaired) electrons. The molecule has 3 unspecified atom stereocenters. The van der Waals surface area contributed by atoms with Gasteiger partial charge in [-0.05, 0) is 44.9 Å². The molecule has 0 aliphatic carbocycles. The maximum atomic E-state index is 12.9. The molecule has 0 aliphatic rings. The second kappa shape index (κ2) is 39.2. The molecule has 1 amide bonds. The Morgan fingerprint density at radius 3 is 1.43 bits per heavy atom. The van der Waals surface area contributed by atoms with Gasteiger partial charge in [0.2, 0.25) is 5.91 Å². The van der Waals surface area contributed by atoms with E-state index in [-0.39, 0.29) is 19.1 Å². The normalized spacial score (nSPS) is 14.6. The Labute approximate surface area is 347 Å². The van der Waals surface area contributed by atoms with Gasteiger partial charge in [-0.3, -0.25) is 13.8 Å². The molecule has 56 heavy (non-hydrogen) atoms. The van der Waals surface area contributed by atoms with Gasteiger partial charge in [0.1, 0.15) is 13.2 Å². The van der Waals surface area contributed by atoms with Crippen LogP contribution in [-0.2, 0) is 18.4 Å². The Hall–Kier alpha value is -1.28. The highest BCUT2D eigenvalue weighted by molar-refractivity contribution is 7.47. The first-order chi connectivity index (χ1) is 27.0. The summed E-state index contributed by atoms with van der Waals surface area (Å²) in [6.45, 7) is 4.79. The van der Waals surface area contributed by atoms with Gasteiger partial charge >= 0.3 is 7.82 Å². The summed E-state index contributed by atoms with van der Waals surface area (Å²) in [6, 6.07) is -0.865. The lowest BCUT2D eigenvalue weighted by molar-refractivity contribution is -0.870. The number of amides is 1. The van der Waals surface area contributed by atoms with E-state index in [4.69, 9.17) is 9.05 Å². The number of unbranched alkanes of at least 4 members (excludes halogenated alkanes) is 25. The second-order valence-corrected chi connectivity index (χ2v) is 18.6. The van der Waals surface area contributed by atoms with Gasteiger partial charge in [0.25, 0.3) is 0 Å². The van der Waals surface area contributed by atoms with E-state index in [1.165, 1.54) is 141 Å². The molecule has 0 aliphatic heterocycles. The van der Waals surface area contributed by atoms with Gasteiger partial charge < -0.3 is 19.8 Å². The zero-order valence-corrected chi connectivity index (χ0v) is 38.3. The van der Waals surface area contributed by atoms with E-state index in [0.717, 1.165) is 44.9 Å². The molecule has 0 fully saturated rings. The number of carbonyl (C=O) groups excluding carboxylic acids is 1. The largest absolute Gasteiger partial charge is 0.472 e. The molecule has 330 valence electrons. The molecule has 0 aromatic heterocycles. The number of aliphatic hydroxyl groups excluding tert-OH is 1. The van der Waals surface area contributed by atoms with Crippen LogP contribution < -0.4 is 5.32 Å². The number of quaternary nitrogens is 1. The SMILES string of the molecule is CCCCCCCCCC/C=C/CC/C=C/CC/C=C/C(O)C(COP(=O)(O)OCC[N+](C)(C)C)NC(=O)CCCCCCCCCCCCCCCCCC. The fourth-order valence-corrected chi connectivity index (χ4v) is 7.34. The Bertz CT molecular complexity index is 1010. The van der Waals surface area contributed by atoms with Crippen LogP contribution in [0.3, 0.4) is 0 Å². The fraction of sp³-hybridized carbons (Fsp3) is 0.851. The van der Waals surface area contributed by atoms with Crippen LogP contribution in [-0.4, -0.2) is 73.4 Å². The minimum atomic E-state index is -4.35. The number of phosphoric ester groups is 1. The second-order valence-electron chi connectivity index (χ2n) is 17.1. The van der Waals surface area contributed by atoms with Crippen molar-refractivity contribution >= 4 is 13.7 Å². The van der Waals surface area contributed by atoms with Gasteiger partial charge in [0.05, 0.1) is 39.9 Å². The van der Waals surface area contributed by atoms with Crippen LogP contribution in [0.4, 0.5) is 0 Å². The lowest BCUT2D eigenvalue weighted by Gasteiger charge is -2.25. The van der Waals surface area contributed by atoms with Crippen LogP contribution in [0.2, 0.25) is 0 Å². The maximum absolute atomic E-state index is 12.9. The molecular formula is C47H92N2O6P+. The molecule has 3 atom stereocenters. The average molecular weight is 812 g/mol. The van der Waals surface area contributed by atoms with Gasteiger partial charge in [-0.15, -0.1) is 0 Å². The highest BCUT2D eigenvalue weighted by Crippen LogP contribution is 2.43. The van der Waals surface area contributed by atoms with Crippen LogP contribution >= 0.6 is 7.82 Å². The molecule has 3 N–H and O–H groups in total. The smallest absolute Gasteiger partial charge is 0.387 e. The minimum absolute atomic E-state index is 0.0547. The maximum Gasteiger partial charge on any atom is 0.472 e. The van der Waals surface area contributed by atoms with E-state index >= 15 is 0 Å². The Morgan fingerprint density at radius 2 is 0.982 bits per heavy atom. The highest BCUT2D eigenvalue weighted by Gasteiger charge is 2.27. The van der Waals surface area contributed by atoms with Crippen LogP contribution in [0, 0.1) is 0 Å². The first kappa shape index (κ1) is 54.7. The van der Waals surface area contributed by atoms with E-state index in [0.29, 0.717) is 17.4 Å². The summed E-state index contributed by atoms with van der Waals surface area (Å²) in [7, 11) is 1.55. The van der Waals surface area contributed by atoms with Crippen molar-refractivity contribution in [2.45, 2.75) is 219 Å². The number of nitrogens with one attached hydrogen (secondary N) is 1. The first-order valence-corrected chi connectivity index (χ1v) is 24.9. The van der Waals surface area contributed by atoms with Crippen LogP contribution in [0.15, 0.2) is 36.5 Å². The summed E-state index contributed by atoms with van der Waals surface area (Å²) in [5.74, 6) is -0.190. The number of nitrogens with zero attached hydrogens (tertiary/aromatic N) is 1. The lowest BCUT2D eigenvalue weighted by atomic mass is 10.0. The van der Waals surface area contributed by atoms with Crippen LogP contribution in [0.25, 0.3) is 0 Å². The summed E-state index contributed by atoms with van der Waals surface area (Å²) in [5, 5.41) is 13.8. The van der Waals surface area contributed by atoms with Gasteiger partial charge in [-0.25, -0.2) is 4.57 Å². The highest BCUT2D eigenvalue weighted by atomic mass is 31.2. The van der Waals surface area contributed by atoms with Crippen molar-refractivity contribution in [3.63, 3.8) is 0 Å². The number of likely N-dealkylation sites (N-methyl/N-ethyl adjacent to an activating group) is 1. The molecule has 9 heteroatoms. The molecule has 8 nitrogen and oxygen atoms in total. The summed E-state index contributed by atoms with van der Waals surface area (Å²) >= 11 is 0. The van der Waals surface area contributed by atoms with E-state index in [9.17, 15) is 19.4 Å². The number of hydrogen-bond acceptors (Lipinski definition) is 5. The third kappa shape index (κ3) is 40.9. The number of rotatable bonds is 42. The van der Waals surface area contributed by atoms with E-state index in [1.807, 2.05) is 27.2 Å². The summed E-state index contributed by atoms with van der Waals surface area (Å²) in [5.41, 5.74) is 0. The van der Waals surface area contributed by atoms with Crippen molar-refractivity contribution in [2.75, 3.05) is 40.9 Å². The van der Waals surface area contributed by atoms with Gasteiger partial charge in [-0.1, -0.05) is 192 Å². The van der Waals surface area contributed by atoms with Crippen molar-refractivity contribution in [1.29, 1.82) is 0 Å². The van der Waals surface area contributed by atoms with E-state index < -0.39 is 20.0 Å². The molecule has 0 saturated heterocycles. The molecule has 0 spiro atoms. The van der Waals surface area contributed by atoms with Crippen molar-refractivity contribution in [3.05, 3.63) is 36.5 Å². The number of aliphatic hydroxyl groups is 1. The van der Waals surface area contributed by atoms with E-state index in [2.05, 4.69) is 43.5 Å². The Morgan fingerprint density at radius 1 is 0.589 bits per heavy atom. The molecule has 0 aromatic carbocycles. The Balaban J connectivity index is 4.46. The number of allylic oxidation sites excluding steroid dienone is 5. The van der Waals surface area contributed by atoms with Gasteiger partial charge in [0.15, 0.2) is 0 Å². The topological polar surface area (TPSA) is 105 Å². The molecule has 0 rings (SSSR count). The number of phosphoric acid groups is 1. The Kier molecular flexibility index (Phi) is 38.3. The van der Waals surface area contributed by atoms with Crippen molar-refractivity contribution in [2.24, 2.45) is 0 Å². The molecule has 0 saturated carbocycles. The quantitative estimate of drug-likeness (QED) is 0.0245. The number of carbonyl (C=O) groups is 1. The zero-order chi connectivity index (χ0) is 41.4. The first-order valence-electron chi connectivity index (χ1n) is 23.4. The van der Waals surface area contributed by atoms with Crippen molar-refractivity contribution in [1.82, 2.24) is 5.32 Å². The zero-order valence-electron chi connectivity index (χ0n) is 37.4. The van der Waals surface area contributed by atoms with Crippen LogP contribution in [0.1, 0.15) is 206 Å². The third-order valence-electron chi connectivity index (χ3n) is 10.3. The van der Waals surface area contributed by atoms with Crippen LogP contribution in [0.5, 0.6) is 0 Å². The summed E-state index contributed by atoms with van der Waals surface area (Å²) in [4.78, 5) is 23.1. The average Bonchev–Trinajstić information content (AvgIpc) is 3.15. The monoisotopic (exact) mass is 812 g/mol. The molecule has 0 bridgehead atoms. The molecule has 0 heterocycles. The fourth-order valence-electron chi connectivity index (χ4n) is 6.60. The number of hydrogen-bond donors (Lipinski definition) is 3. The lowest BCUT2D eigenvalue weighted by Crippen LogP contribution is -2.45. The predicted octanol–water partition coefficient (Wildman–Crippen LogP) is 13.1. The van der Waals surface area contributed by atoms with Gasteiger partial charge in [-0.2, -0.15) is 0 Å². The molecular weight excluding hydrogens is 719 g/mol. The van der Waals surface area contributed by atoms with Gasteiger partial charge in [0, 0.05) is 6.42 Å². The molecule has 0 aromatic rings. The third-order valence-corrected chi connectivity index (χ3v) is 11.3.